The number of amides is 3. The van der Waals surface area contributed by atoms with Crippen LogP contribution in [0.25, 0.3) is 0 Å². The molecular weight excluding hydrogens is 294 g/mol. The molecule has 0 atom stereocenters. The Morgan fingerprint density at radius 3 is 2.61 bits per heavy atom. The quantitative estimate of drug-likeness (QED) is 0.749. The first kappa shape index (κ1) is 17.1. The van der Waals surface area contributed by atoms with E-state index in [1.165, 1.54) is 39.2 Å². The zero-order chi connectivity index (χ0) is 16.7. The van der Waals surface area contributed by atoms with Gasteiger partial charge in [0.25, 0.3) is 0 Å². The summed E-state index contributed by atoms with van der Waals surface area (Å²) >= 11 is 0. The van der Waals surface area contributed by atoms with Crippen molar-refractivity contribution in [3.05, 3.63) is 18.2 Å². The number of anilines is 2. The molecule has 0 aromatic heterocycles. The van der Waals surface area contributed by atoms with Crippen LogP contribution in [0.5, 0.6) is 5.75 Å². The van der Waals surface area contributed by atoms with Crippen LogP contribution in [0.3, 0.4) is 0 Å². The monoisotopic (exact) mass is 319 g/mol. The molecule has 4 N–H and O–H groups in total. The zero-order valence-electron chi connectivity index (χ0n) is 13.6. The lowest BCUT2D eigenvalue weighted by Crippen LogP contribution is -2.20. The lowest BCUT2D eigenvalue weighted by molar-refractivity contribution is -0.116. The van der Waals surface area contributed by atoms with E-state index in [-0.39, 0.29) is 5.91 Å². The topological polar surface area (TPSA) is 93.4 Å². The second kappa shape index (κ2) is 8.41. The fraction of sp³-hybridized carbons (Fsp3) is 0.529. The summed E-state index contributed by atoms with van der Waals surface area (Å²) in [5.74, 6) is 1.15. The average Bonchev–Trinajstić information content (AvgIpc) is 2.55. The van der Waals surface area contributed by atoms with Gasteiger partial charge in [0.1, 0.15) is 5.75 Å². The molecule has 23 heavy (non-hydrogen) atoms. The van der Waals surface area contributed by atoms with Crippen molar-refractivity contribution < 1.29 is 14.3 Å². The average molecular weight is 319 g/mol. The predicted molar refractivity (Wildman–Crippen MR) is 90.6 cm³/mol. The highest BCUT2D eigenvalue weighted by atomic mass is 16.5. The number of urea groups is 1. The van der Waals surface area contributed by atoms with Crippen molar-refractivity contribution in [2.45, 2.75) is 44.9 Å². The van der Waals surface area contributed by atoms with E-state index < -0.39 is 6.03 Å². The molecule has 1 fully saturated rings. The minimum absolute atomic E-state index is 0.00763. The molecule has 0 saturated heterocycles. The molecule has 2 rings (SSSR count). The number of carbonyl (C=O) groups is 2. The van der Waals surface area contributed by atoms with Crippen LogP contribution >= 0.6 is 0 Å². The molecule has 0 radical (unpaired) electrons. The molecule has 0 aliphatic heterocycles. The summed E-state index contributed by atoms with van der Waals surface area (Å²) in [5.41, 5.74) is 6.22. The lowest BCUT2D eigenvalue weighted by atomic mass is 9.86. The molecule has 126 valence electrons. The van der Waals surface area contributed by atoms with Crippen LogP contribution in [0.4, 0.5) is 16.2 Å². The maximum absolute atomic E-state index is 12.1. The van der Waals surface area contributed by atoms with E-state index in [9.17, 15) is 9.59 Å². The van der Waals surface area contributed by atoms with Gasteiger partial charge in [-0.2, -0.15) is 0 Å². The first-order valence-corrected chi connectivity index (χ1v) is 8.13. The maximum Gasteiger partial charge on any atom is 0.316 e. The van der Waals surface area contributed by atoms with E-state index in [4.69, 9.17) is 10.5 Å². The van der Waals surface area contributed by atoms with Crippen molar-refractivity contribution >= 4 is 23.3 Å². The SMILES string of the molecule is COc1cc(NC(=O)CCC2CCCCC2)ccc1NC(N)=O. The molecule has 3 amide bonds. The normalized spacial score (nSPS) is 15.0. The number of benzene rings is 1. The standard InChI is InChI=1S/C17H25N3O3/c1-23-15-11-13(8-9-14(15)20-17(18)22)19-16(21)10-7-12-5-3-2-4-6-12/h8-9,11-12H,2-7,10H2,1H3,(H,19,21)(H3,18,20,22). The predicted octanol–water partition coefficient (Wildman–Crippen LogP) is 3.48. The minimum atomic E-state index is -0.660. The first-order valence-electron chi connectivity index (χ1n) is 8.13. The molecule has 1 aromatic carbocycles. The van der Waals surface area contributed by atoms with Crippen LogP contribution in [-0.4, -0.2) is 19.0 Å². The Bertz CT molecular complexity index is 554. The van der Waals surface area contributed by atoms with Crippen LogP contribution in [-0.2, 0) is 4.79 Å². The number of carbonyl (C=O) groups excluding carboxylic acids is 2. The summed E-state index contributed by atoms with van der Waals surface area (Å²) in [5, 5.41) is 5.35. The summed E-state index contributed by atoms with van der Waals surface area (Å²) in [6, 6.07) is 4.38. The molecule has 0 bridgehead atoms. The number of nitrogens with one attached hydrogen (secondary N) is 2. The Morgan fingerprint density at radius 1 is 1.22 bits per heavy atom. The van der Waals surface area contributed by atoms with Crippen molar-refractivity contribution in [2.75, 3.05) is 17.7 Å². The third-order valence-corrected chi connectivity index (χ3v) is 4.25. The minimum Gasteiger partial charge on any atom is -0.494 e. The molecule has 6 nitrogen and oxygen atoms in total. The van der Waals surface area contributed by atoms with Crippen LogP contribution < -0.4 is 21.1 Å². The number of ether oxygens (including phenoxy) is 1. The molecule has 0 spiro atoms. The van der Waals surface area contributed by atoms with E-state index in [0.29, 0.717) is 29.5 Å². The van der Waals surface area contributed by atoms with Crippen LogP contribution in [0.2, 0.25) is 0 Å². The molecule has 0 heterocycles. The number of nitrogens with two attached hydrogens (primary N) is 1. The molecular formula is C17H25N3O3. The highest BCUT2D eigenvalue weighted by Crippen LogP contribution is 2.29. The van der Waals surface area contributed by atoms with Gasteiger partial charge in [0.15, 0.2) is 0 Å². The number of hydrogen-bond donors (Lipinski definition) is 3. The van der Waals surface area contributed by atoms with Gasteiger partial charge < -0.3 is 21.1 Å². The van der Waals surface area contributed by atoms with Gasteiger partial charge in [0, 0.05) is 18.2 Å². The first-order chi connectivity index (χ1) is 11.1. The number of rotatable bonds is 6. The summed E-state index contributed by atoms with van der Waals surface area (Å²) in [6.07, 6.45) is 7.88. The van der Waals surface area contributed by atoms with Gasteiger partial charge in [-0.15, -0.1) is 0 Å². The maximum atomic E-state index is 12.1. The van der Waals surface area contributed by atoms with Gasteiger partial charge >= 0.3 is 6.03 Å². The smallest absolute Gasteiger partial charge is 0.316 e. The second-order valence-electron chi connectivity index (χ2n) is 6.00. The van der Waals surface area contributed by atoms with Gasteiger partial charge in [-0.1, -0.05) is 32.1 Å². The van der Waals surface area contributed by atoms with E-state index in [2.05, 4.69) is 10.6 Å². The van der Waals surface area contributed by atoms with Gasteiger partial charge in [-0.3, -0.25) is 4.79 Å². The fourth-order valence-corrected chi connectivity index (χ4v) is 3.04. The number of primary amides is 1. The van der Waals surface area contributed by atoms with Gasteiger partial charge in [0.2, 0.25) is 5.91 Å². The Kier molecular flexibility index (Phi) is 6.26. The Morgan fingerprint density at radius 2 is 1.96 bits per heavy atom. The van der Waals surface area contributed by atoms with Crippen LogP contribution in [0.15, 0.2) is 18.2 Å². The van der Waals surface area contributed by atoms with Crippen molar-refractivity contribution in [2.24, 2.45) is 11.7 Å². The van der Waals surface area contributed by atoms with Gasteiger partial charge in [-0.05, 0) is 24.5 Å². The largest absolute Gasteiger partial charge is 0.494 e. The Labute approximate surface area is 136 Å². The van der Waals surface area contributed by atoms with Gasteiger partial charge in [-0.25, -0.2) is 4.79 Å². The lowest BCUT2D eigenvalue weighted by Gasteiger charge is -2.21. The molecule has 1 aliphatic rings. The third-order valence-electron chi connectivity index (χ3n) is 4.25. The van der Waals surface area contributed by atoms with Gasteiger partial charge in [0.05, 0.1) is 12.8 Å². The van der Waals surface area contributed by atoms with Crippen molar-refractivity contribution in [3.63, 3.8) is 0 Å². The summed E-state index contributed by atoms with van der Waals surface area (Å²) in [7, 11) is 1.50. The fourth-order valence-electron chi connectivity index (χ4n) is 3.04. The molecule has 1 aromatic rings. The highest BCUT2D eigenvalue weighted by molar-refractivity contribution is 5.93. The van der Waals surface area contributed by atoms with E-state index in [1.807, 2.05) is 0 Å². The van der Waals surface area contributed by atoms with Crippen molar-refractivity contribution in [3.8, 4) is 5.75 Å². The van der Waals surface area contributed by atoms with Crippen LogP contribution in [0.1, 0.15) is 44.9 Å². The van der Waals surface area contributed by atoms with E-state index in [0.717, 1.165) is 6.42 Å². The van der Waals surface area contributed by atoms with Crippen LogP contribution in [0, 0.1) is 5.92 Å². The molecule has 1 saturated carbocycles. The molecule has 6 heteroatoms. The molecule has 1 aliphatic carbocycles. The summed E-state index contributed by atoms with van der Waals surface area (Å²) in [6.45, 7) is 0. The van der Waals surface area contributed by atoms with E-state index in [1.54, 1.807) is 18.2 Å². The Balaban J connectivity index is 1.88. The van der Waals surface area contributed by atoms with E-state index >= 15 is 0 Å². The highest BCUT2D eigenvalue weighted by Gasteiger charge is 2.15. The number of methoxy groups -OCH3 is 1. The second-order valence-corrected chi connectivity index (χ2v) is 6.00. The zero-order valence-corrected chi connectivity index (χ0v) is 13.6. The summed E-state index contributed by atoms with van der Waals surface area (Å²) < 4.78 is 5.20. The molecule has 0 unspecified atom stereocenters. The third kappa shape index (κ3) is 5.47. The Hall–Kier alpha value is -2.24. The van der Waals surface area contributed by atoms with Crippen molar-refractivity contribution in [1.29, 1.82) is 0 Å². The van der Waals surface area contributed by atoms with Crippen molar-refractivity contribution in [1.82, 2.24) is 0 Å². The summed E-state index contributed by atoms with van der Waals surface area (Å²) in [4.78, 5) is 23.0. The number of hydrogen-bond acceptors (Lipinski definition) is 3.